The minimum atomic E-state index is -0.971. The molecule has 0 aromatic carbocycles. The lowest BCUT2D eigenvalue weighted by atomic mass is 10.4. The van der Waals surface area contributed by atoms with Gasteiger partial charge in [-0.2, -0.15) is 0 Å². The molecule has 0 spiro atoms. The van der Waals surface area contributed by atoms with Crippen LogP contribution in [0.15, 0.2) is 0 Å². The Hall–Kier alpha value is -0.650. The van der Waals surface area contributed by atoms with E-state index in [2.05, 4.69) is 4.74 Å². The highest BCUT2D eigenvalue weighted by Gasteiger charge is 2.09. The number of rotatable bonds is 7. The highest BCUT2D eigenvalue weighted by molar-refractivity contribution is 5.71. The second-order valence-electron chi connectivity index (χ2n) is 2.17. The van der Waals surface area contributed by atoms with Crippen molar-refractivity contribution in [2.24, 2.45) is 0 Å². The molecule has 0 radical (unpaired) electrons. The molecule has 0 saturated carbocycles. The van der Waals surface area contributed by atoms with E-state index < -0.39 is 12.1 Å². The minimum absolute atomic E-state index is 0.199. The van der Waals surface area contributed by atoms with Crippen molar-refractivity contribution in [1.82, 2.24) is 0 Å². The van der Waals surface area contributed by atoms with Crippen LogP contribution in [0.2, 0.25) is 0 Å². The fraction of sp³-hybridized carbons (Fsp3) is 0.857. The van der Waals surface area contributed by atoms with Crippen molar-refractivity contribution < 1.29 is 24.1 Å². The number of aliphatic carboxylic acids is 1. The van der Waals surface area contributed by atoms with Crippen LogP contribution in [0.5, 0.6) is 0 Å². The summed E-state index contributed by atoms with van der Waals surface area (Å²) in [5.41, 5.74) is 0. The molecule has 5 heteroatoms. The Kier molecular flexibility index (Phi) is 6.64. The van der Waals surface area contributed by atoms with E-state index in [0.717, 1.165) is 0 Å². The van der Waals surface area contributed by atoms with Crippen LogP contribution < -0.4 is 0 Å². The van der Waals surface area contributed by atoms with Crippen LogP contribution in [0.1, 0.15) is 6.92 Å². The summed E-state index contributed by atoms with van der Waals surface area (Å²) in [4.78, 5) is 10.2. The first-order chi connectivity index (χ1) is 5.68. The molecule has 0 aromatic heterocycles. The monoisotopic (exact) mass is 178 g/mol. The largest absolute Gasteiger partial charge is 0.479 e. The Morgan fingerprint density at radius 1 is 1.50 bits per heavy atom. The summed E-state index contributed by atoms with van der Waals surface area (Å²) in [6.45, 7) is 2.27. The highest BCUT2D eigenvalue weighted by Crippen LogP contribution is 1.89. The average molecular weight is 178 g/mol. The van der Waals surface area contributed by atoms with Gasteiger partial charge in [0.15, 0.2) is 6.10 Å². The minimum Gasteiger partial charge on any atom is -0.479 e. The van der Waals surface area contributed by atoms with Gasteiger partial charge in [-0.05, 0) is 6.92 Å². The van der Waals surface area contributed by atoms with Crippen LogP contribution in [-0.2, 0) is 19.0 Å². The van der Waals surface area contributed by atoms with Gasteiger partial charge >= 0.3 is 5.97 Å². The molecule has 1 N–H and O–H groups in total. The molecule has 72 valence electrons. The second kappa shape index (κ2) is 7.02. The quantitative estimate of drug-likeness (QED) is 0.442. The Bertz CT molecular complexity index is 125. The van der Waals surface area contributed by atoms with Crippen LogP contribution >= 0.6 is 0 Å². The van der Waals surface area contributed by atoms with Gasteiger partial charge in [0.1, 0.15) is 6.79 Å². The summed E-state index contributed by atoms with van der Waals surface area (Å²) < 4.78 is 14.3. The third-order valence-electron chi connectivity index (χ3n) is 1.14. The van der Waals surface area contributed by atoms with E-state index in [0.29, 0.717) is 6.61 Å². The highest BCUT2D eigenvalue weighted by atomic mass is 16.7. The van der Waals surface area contributed by atoms with Crippen molar-refractivity contribution in [3.63, 3.8) is 0 Å². The number of hydrogen-bond donors (Lipinski definition) is 1. The predicted molar refractivity (Wildman–Crippen MR) is 40.9 cm³/mol. The lowest BCUT2D eigenvalue weighted by Crippen LogP contribution is -2.22. The van der Waals surface area contributed by atoms with Crippen molar-refractivity contribution in [3.05, 3.63) is 0 Å². The number of hydrogen-bond acceptors (Lipinski definition) is 4. The van der Waals surface area contributed by atoms with Crippen molar-refractivity contribution in [2.75, 3.05) is 27.1 Å². The topological polar surface area (TPSA) is 65.0 Å². The maximum Gasteiger partial charge on any atom is 0.332 e. The van der Waals surface area contributed by atoms with Crippen LogP contribution in [-0.4, -0.2) is 44.3 Å². The predicted octanol–water partition coefficient (Wildman–Crippen LogP) is 0.0966. The van der Waals surface area contributed by atoms with Crippen molar-refractivity contribution >= 4 is 5.97 Å². The Morgan fingerprint density at radius 3 is 2.67 bits per heavy atom. The molecule has 0 fully saturated rings. The Labute approximate surface area is 71.2 Å². The molecule has 12 heavy (non-hydrogen) atoms. The second-order valence-corrected chi connectivity index (χ2v) is 2.17. The first-order valence-corrected chi connectivity index (χ1v) is 3.59. The molecule has 0 aromatic rings. The standard InChI is InChI=1S/C7H14O5/c1-6(7(8)9)12-4-3-11-5-10-2/h6H,3-5H2,1-2H3,(H,8,9). The SMILES string of the molecule is COCOCCOC(C)C(=O)O. The first-order valence-electron chi connectivity index (χ1n) is 3.59. The fourth-order valence-electron chi connectivity index (χ4n) is 0.497. The smallest absolute Gasteiger partial charge is 0.332 e. The van der Waals surface area contributed by atoms with Gasteiger partial charge in [0.25, 0.3) is 0 Å². The Balaban J connectivity index is 3.14. The molecule has 5 nitrogen and oxygen atoms in total. The van der Waals surface area contributed by atoms with Crippen LogP contribution in [0.3, 0.4) is 0 Å². The summed E-state index contributed by atoms with van der Waals surface area (Å²) in [7, 11) is 1.51. The summed E-state index contributed by atoms with van der Waals surface area (Å²) in [5, 5.41) is 8.39. The maximum atomic E-state index is 10.2. The van der Waals surface area contributed by atoms with Gasteiger partial charge < -0.3 is 19.3 Å². The van der Waals surface area contributed by atoms with E-state index in [1.807, 2.05) is 0 Å². The van der Waals surface area contributed by atoms with Crippen molar-refractivity contribution in [2.45, 2.75) is 13.0 Å². The molecule has 0 saturated heterocycles. The van der Waals surface area contributed by atoms with Crippen molar-refractivity contribution in [3.8, 4) is 0 Å². The molecule has 1 atom stereocenters. The molecule has 0 aliphatic carbocycles. The normalized spacial score (nSPS) is 12.8. The summed E-state index contributed by atoms with van der Waals surface area (Å²) in [5.74, 6) is -0.971. The zero-order valence-electron chi connectivity index (χ0n) is 7.28. The van der Waals surface area contributed by atoms with Gasteiger partial charge in [-0.3, -0.25) is 0 Å². The molecular weight excluding hydrogens is 164 g/mol. The third kappa shape index (κ3) is 6.09. The molecule has 0 rings (SSSR count). The number of carbonyl (C=O) groups is 1. The summed E-state index contributed by atoms with van der Waals surface area (Å²) in [6, 6.07) is 0. The summed E-state index contributed by atoms with van der Waals surface area (Å²) in [6.07, 6.45) is -0.781. The molecular formula is C7H14O5. The summed E-state index contributed by atoms with van der Waals surface area (Å²) >= 11 is 0. The third-order valence-corrected chi connectivity index (χ3v) is 1.14. The van der Waals surface area contributed by atoms with Gasteiger partial charge in [-0.1, -0.05) is 0 Å². The number of carboxylic acid groups (broad SMARTS) is 1. The molecule has 0 bridgehead atoms. The lowest BCUT2D eigenvalue weighted by molar-refractivity contribution is -0.150. The van der Waals surface area contributed by atoms with Gasteiger partial charge in [0.2, 0.25) is 0 Å². The Morgan fingerprint density at radius 2 is 2.17 bits per heavy atom. The van der Waals surface area contributed by atoms with E-state index in [-0.39, 0.29) is 13.4 Å². The molecule has 0 amide bonds. The number of carboxylic acids is 1. The van der Waals surface area contributed by atoms with Gasteiger partial charge in [0.05, 0.1) is 13.2 Å². The maximum absolute atomic E-state index is 10.2. The van der Waals surface area contributed by atoms with Crippen LogP contribution in [0, 0.1) is 0 Å². The number of methoxy groups -OCH3 is 1. The van der Waals surface area contributed by atoms with Gasteiger partial charge in [0, 0.05) is 7.11 Å². The van der Waals surface area contributed by atoms with E-state index in [9.17, 15) is 4.79 Å². The molecule has 0 aliphatic rings. The fourth-order valence-corrected chi connectivity index (χ4v) is 0.497. The van der Waals surface area contributed by atoms with Crippen molar-refractivity contribution in [1.29, 1.82) is 0 Å². The van der Waals surface area contributed by atoms with E-state index in [4.69, 9.17) is 14.6 Å². The van der Waals surface area contributed by atoms with E-state index in [1.165, 1.54) is 14.0 Å². The van der Waals surface area contributed by atoms with Crippen LogP contribution in [0.25, 0.3) is 0 Å². The molecule has 0 aliphatic heterocycles. The zero-order valence-corrected chi connectivity index (χ0v) is 7.28. The van der Waals surface area contributed by atoms with E-state index in [1.54, 1.807) is 0 Å². The van der Waals surface area contributed by atoms with Crippen LogP contribution in [0.4, 0.5) is 0 Å². The van der Waals surface area contributed by atoms with Gasteiger partial charge in [-0.15, -0.1) is 0 Å². The average Bonchev–Trinajstić information content (AvgIpc) is 2.03. The first kappa shape index (κ1) is 11.4. The molecule has 0 heterocycles. The zero-order chi connectivity index (χ0) is 9.40. The lowest BCUT2D eigenvalue weighted by Gasteiger charge is -2.07. The van der Waals surface area contributed by atoms with E-state index >= 15 is 0 Å². The van der Waals surface area contributed by atoms with Gasteiger partial charge in [-0.25, -0.2) is 4.79 Å². The number of ether oxygens (including phenoxy) is 3. The molecule has 1 unspecified atom stereocenters.